The average molecular weight is 348 g/mol. The molecular weight excluding hydrogens is 320 g/mol. The molecule has 0 aliphatic carbocycles. The van der Waals surface area contributed by atoms with Crippen molar-refractivity contribution in [2.75, 3.05) is 31.1 Å². The molecule has 2 fully saturated rings. The lowest BCUT2D eigenvalue weighted by Gasteiger charge is -2.36. The quantitative estimate of drug-likeness (QED) is 0.807. The summed E-state index contributed by atoms with van der Waals surface area (Å²) in [6, 6.07) is 1.54. The molecule has 0 bridgehead atoms. The predicted octanol–water partition coefficient (Wildman–Crippen LogP) is 0.796. The first-order valence-electron chi connectivity index (χ1n) is 9.37. The van der Waals surface area contributed by atoms with Crippen LogP contribution in [0.15, 0.2) is 15.7 Å². The Balaban J connectivity index is 1.87. The first-order chi connectivity index (χ1) is 12.0. The van der Waals surface area contributed by atoms with Crippen molar-refractivity contribution in [3.63, 3.8) is 0 Å². The second-order valence-corrected chi connectivity index (χ2v) is 7.15. The number of aromatic nitrogens is 2. The number of amides is 1. The van der Waals surface area contributed by atoms with Crippen molar-refractivity contribution in [3.05, 3.63) is 26.9 Å². The number of carbonyl (C=O) groups excluding carboxylic acids is 1. The van der Waals surface area contributed by atoms with E-state index in [-0.39, 0.29) is 23.1 Å². The van der Waals surface area contributed by atoms with Crippen LogP contribution in [-0.4, -0.2) is 46.1 Å². The summed E-state index contributed by atoms with van der Waals surface area (Å²) in [5.41, 5.74) is -0.572. The van der Waals surface area contributed by atoms with E-state index in [0.717, 1.165) is 56.3 Å². The van der Waals surface area contributed by atoms with E-state index in [9.17, 15) is 14.4 Å². The Morgan fingerprint density at radius 3 is 2.56 bits per heavy atom. The molecule has 0 saturated carbocycles. The van der Waals surface area contributed by atoms with E-state index in [0.29, 0.717) is 18.9 Å². The molecule has 3 rings (SSSR count). The molecule has 0 aromatic carbocycles. The third-order valence-electron chi connectivity index (χ3n) is 5.34. The van der Waals surface area contributed by atoms with Crippen LogP contribution >= 0.6 is 0 Å². The highest BCUT2D eigenvalue weighted by molar-refractivity contribution is 5.80. The summed E-state index contributed by atoms with van der Waals surface area (Å²) in [5, 5.41) is 0. The van der Waals surface area contributed by atoms with E-state index in [4.69, 9.17) is 0 Å². The zero-order valence-corrected chi connectivity index (χ0v) is 15.2. The summed E-state index contributed by atoms with van der Waals surface area (Å²) in [5.74, 6) is 0.852. The number of carbonyl (C=O) groups is 1. The smallest absolute Gasteiger partial charge is 0.332 e. The van der Waals surface area contributed by atoms with Crippen LogP contribution in [-0.2, 0) is 18.4 Å². The second-order valence-electron chi connectivity index (χ2n) is 7.15. The van der Waals surface area contributed by atoms with Crippen molar-refractivity contribution < 1.29 is 4.79 Å². The predicted molar refractivity (Wildman–Crippen MR) is 97.0 cm³/mol. The van der Waals surface area contributed by atoms with Gasteiger partial charge < -0.3 is 9.80 Å². The number of rotatable bonds is 4. The van der Waals surface area contributed by atoms with Gasteiger partial charge in [-0.25, -0.2) is 4.79 Å². The van der Waals surface area contributed by atoms with Gasteiger partial charge >= 0.3 is 5.69 Å². The molecule has 7 nitrogen and oxygen atoms in total. The largest absolute Gasteiger partial charge is 0.357 e. The second kappa shape index (κ2) is 7.45. The highest BCUT2D eigenvalue weighted by Crippen LogP contribution is 2.24. The van der Waals surface area contributed by atoms with E-state index in [1.54, 1.807) is 10.6 Å². The van der Waals surface area contributed by atoms with Crippen molar-refractivity contribution in [2.45, 2.75) is 45.6 Å². The van der Waals surface area contributed by atoms with Crippen LogP contribution in [0.25, 0.3) is 0 Å². The van der Waals surface area contributed by atoms with Gasteiger partial charge in [0.25, 0.3) is 5.56 Å². The normalized spacial score (nSPS) is 21.0. The number of likely N-dealkylation sites (tertiary alicyclic amines) is 1. The molecule has 3 heterocycles. The van der Waals surface area contributed by atoms with Crippen LogP contribution in [0.2, 0.25) is 0 Å². The molecule has 0 spiro atoms. The maximum absolute atomic E-state index is 12.7. The summed E-state index contributed by atoms with van der Waals surface area (Å²) < 4.78 is 2.82. The van der Waals surface area contributed by atoms with Crippen LogP contribution in [0.3, 0.4) is 0 Å². The Hall–Kier alpha value is -2.05. The number of nitrogens with zero attached hydrogens (tertiary/aromatic N) is 4. The van der Waals surface area contributed by atoms with Crippen LogP contribution in [0.1, 0.15) is 39.0 Å². The summed E-state index contributed by atoms with van der Waals surface area (Å²) in [7, 11) is 1.51. The fourth-order valence-corrected chi connectivity index (χ4v) is 3.94. The average Bonchev–Trinajstić information content (AvgIpc) is 3.16. The molecule has 2 aliphatic heterocycles. The van der Waals surface area contributed by atoms with Gasteiger partial charge in [0.2, 0.25) is 5.91 Å². The number of anilines is 1. The maximum Gasteiger partial charge on any atom is 0.332 e. The summed E-state index contributed by atoms with van der Waals surface area (Å²) >= 11 is 0. The van der Waals surface area contributed by atoms with Crippen LogP contribution in [0, 0.1) is 5.92 Å². The molecule has 138 valence electrons. The number of piperidine rings is 1. The van der Waals surface area contributed by atoms with Gasteiger partial charge in [0, 0.05) is 45.8 Å². The molecule has 1 amide bonds. The van der Waals surface area contributed by atoms with Gasteiger partial charge in [0.05, 0.1) is 5.92 Å². The van der Waals surface area contributed by atoms with E-state index >= 15 is 0 Å². The molecule has 2 aliphatic rings. The highest BCUT2D eigenvalue weighted by Gasteiger charge is 2.31. The summed E-state index contributed by atoms with van der Waals surface area (Å²) in [4.78, 5) is 41.4. The molecule has 1 aromatic heterocycles. The maximum atomic E-state index is 12.7. The van der Waals surface area contributed by atoms with Crippen LogP contribution in [0.4, 0.5) is 5.82 Å². The van der Waals surface area contributed by atoms with Crippen LogP contribution < -0.4 is 16.1 Å². The zero-order valence-electron chi connectivity index (χ0n) is 15.2. The van der Waals surface area contributed by atoms with Crippen LogP contribution in [0.5, 0.6) is 0 Å². The van der Waals surface area contributed by atoms with Gasteiger partial charge in [-0.3, -0.25) is 18.7 Å². The molecule has 0 N–H and O–H groups in total. The number of hydrogen-bond acceptors (Lipinski definition) is 4. The van der Waals surface area contributed by atoms with Crippen molar-refractivity contribution in [1.82, 2.24) is 14.0 Å². The Morgan fingerprint density at radius 1 is 1.16 bits per heavy atom. The first-order valence-corrected chi connectivity index (χ1v) is 9.37. The fourth-order valence-electron chi connectivity index (χ4n) is 3.94. The van der Waals surface area contributed by atoms with Crippen molar-refractivity contribution in [1.29, 1.82) is 0 Å². The van der Waals surface area contributed by atoms with Gasteiger partial charge in [-0.05, 0) is 32.1 Å². The summed E-state index contributed by atoms with van der Waals surface area (Å²) in [6.07, 6.45) is 4.78. The Kier molecular flexibility index (Phi) is 5.30. The molecule has 2 saturated heterocycles. The van der Waals surface area contributed by atoms with Gasteiger partial charge in [-0.15, -0.1) is 0 Å². The third kappa shape index (κ3) is 3.50. The minimum absolute atomic E-state index is 0.0407. The third-order valence-corrected chi connectivity index (χ3v) is 5.34. The minimum atomic E-state index is -0.291. The number of hydrogen-bond donors (Lipinski definition) is 0. The van der Waals surface area contributed by atoms with Crippen molar-refractivity contribution in [2.24, 2.45) is 13.0 Å². The van der Waals surface area contributed by atoms with Gasteiger partial charge in [-0.2, -0.15) is 0 Å². The lowest BCUT2D eigenvalue weighted by molar-refractivity contribution is -0.134. The highest BCUT2D eigenvalue weighted by atomic mass is 16.2. The SMILES string of the molecule is CCCn1c(N2CCCC(C(=O)N3CCCC3)C2)cc(=O)n(C)c1=O. The van der Waals surface area contributed by atoms with Gasteiger partial charge in [0.15, 0.2) is 0 Å². The molecule has 1 aromatic rings. The molecule has 0 radical (unpaired) electrons. The van der Waals surface area contributed by atoms with E-state index in [1.807, 2.05) is 11.8 Å². The molecular formula is C18H28N4O3. The summed E-state index contributed by atoms with van der Waals surface area (Å²) in [6.45, 7) is 5.68. The first kappa shape index (κ1) is 17.8. The molecule has 7 heteroatoms. The van der Waals surface area contributed by atoms with Crippen molar-refractivity contribution in [3.8, 4) is 0 Å². The fraction of sp³-hybridized carbons (Fsp3) is 0.722. The molecule has 1 atom stereocenters. The van der Waals surface area contributed by atoms with Gasteiger partial charge in [-0.1, -0.05) is 6.92 Å². The Labute approximate surface area is 147 Å². The van der Waals surface area contributed by atoms with E-state index < -0.39 is 0 Å². The lowest BCUT2D eigenvalue weighted by Crippen LogP contribution is -2.47. The van der Waals surface area contributed by atoms with Crippen molar-refractivity contribution >= 4 is 11.7 Å². The Morgan fingerprint density at radius 2 is 1.88 bits per heavy atom. The zero-order chi connectivity index (χ0) is 18.0. The standard InChI is InChI=1S/C18H28N4O3/c1-3-8-22-15(12-16(23)19(2)18(22)25)21-11-6-7-14(13-21)17(24)20-9-4-5-10-20/h12,14H,3-11,13H2,1-2H3. The topological polar surface area (TPSA) is 67.6 Å². The van der Waals surface area contributed by atoms with E-state index in [1.165, 1.54) is 7.05 Å². The minimum Gasteiger partial charge on any atom is -0.357 e. The molecule has 1 unspecified atom stereocenters. The lowest BCUT2D eigenvalue weighted by atomic mass is 9.96. The molecule has 25 heavy (non-hydrogen) atoms. The van der Waals surface area contributed by atoms with Gasteiger partial charge in [0.1, 0.15) is 5.82 Å². The Bertz CT molecular complexity index is 746. The monoisotopic (exact) mass is 348 g/mol. The van der Waals surface area contributed by atoms with E-state index in [2.05, 4.69) is 4.90 Å².